The Morgan fingerprint density at radius 1 is 1.39 bits per heavy atom. The van der Waals surface area contributed by atoms with Crippen LogP contribution in [0.4, 0.5) is 10.1 Å². The highest BCUT2D eigenvalue weighted by Gasteiger charge is 2.18. The molecule has 2 N–H and O–H groups in total. The molecule has 4 heteroatoms. The van der Waals surface area contributed by atoms with Crippen LogP contribution in [0.3, 0.4) is 0 Å². The highest BCUT2D eigenvalue weighted by atomic mass is 32.2. The third-order valence-electron chi connectivity index (χ3n) is 3.10. The summed E-state index contributed by atoms with van der Waals surface area (Å²) in [5.41, 5.74) is 6.51. The lowest BCUT2D eigenvalue weighted by molar-refractivity contribution is 0.542. The maximum Gasteiger partial charge on any atom is 0.146 e. The summed E-state index contributed by atoms with van der Waals surface area (Å²) in [5, 5.41) is 0. The van der Waals surface area contributed by atoms with Crippen LogP contribution in [-0.2, 0) is 0 Å². The van der Waals surface area contributed by atoms with Gasteiger partial charge in [0.1, 0.15) is 5.82 Å². The number of hydrogen-bond acceptors (Lipinski definition) is 3. The van der Waals surface area contributed by atoms with Crippen LogP contribution in [0.5, 0.6) is 0 Å². The fraction of sp³-hybridized carbons (Fsp3) is 0.571. The second-order valence-corrected chi connectivity index (χ2v) is 5.25. The molecule has 0 aromatic heterocycles. The third kappa shape index (κ3) is 4.18. The van der Waals surface area contributed by atoms with Gasteiger partial charge in [0.15, 0.2) is 0 Å². The van der Waals surface area contributed by atoms with Crippen LogP contribution < -0.4 is 10.6 Å². The summed E-state index contributed by atoms with van der Waals surface area (Å²) in [6.07, 6.45) is 4.24. The van der Waals surface area contributed by atoms with Crippen LogP contribution in [0.25, 0.3) is 0 Å². The molecule has 0 aliphatic heterocycles. The molecule has 0 fully saturated rings. The highest BCUT2D eigenvalue weighted by molar-refractivity contribution is 7.98. The Morgan fingerprint density at radius 3 is 2.67 bits per heavy atom. The summed E-state index contributed by atoms with van der Waals surface area (Å²) in [6.45, 7) is 3.39. The average Bonchev–Trinajstić information content (AvgIpc) is 2.39. The average molecular weight is 270 g/mol. The molecule has 102 valence electrons. The number of thioether (sulfide) groups is 1. The molecule has 18 heavy (non-hydrogen) atoms. The minimum Gasteiger partial charge on any atom is -0.365 e. The van der Waals surface area contributed by atoms with E-state index in [1.807, 2.05) is 30.8 Å². The van der Waals surface area contributed by atoms with E-state index in [4.69, 9.17) is 5.73 Å². The van der Waals surface area contributed by atoms with Crippen LogP contribution in [0, 0.1) is 5.82 Å². The molecule has 0 radical (unpaired) electrons. The largest absolute Gasteiger partial charge is 0.365 e. The SMILES string of the molecule is CCN(c1ccccc1F)C(CN)CCCSC. The number of nitrogens with two attached hydrogens (primary N) is 1. The molecular weight excluding hydrogens is 247 g/mol. The van der Waals surface area contributed by atoms with Crippen molar-refractivity contribution in [3.63, 3.8) is 0 Å². The predicted molar refractivity (Wildman–Crippen MR) is 79.9 cm³/mol. The van der Waals surface area contributed by atoms with Crippen molar-refractivity contribution in [2.24, 2.45) is 5.73 Å². The van der Waals surface area contributed by atoms with Gasteiger partial charge in [0, 0.05) is 19.1 Å². The molecule has 1 rings (SSSR count). The van der Waals surface area contributed by atoms with Crippen LogP contribution in [0.2, 0.25) is 0 Å². The van der Waals surface area contributed by atoms with E-state index in [9.17, 15) is 4.39 Å². The van der Waals surface area contributed by atoms with Gasteiger partial charge in [0.25, 0.3) is 0 Å². The third-order valence-corrected chi connectivity index (χ3v) is 3.80. The Hall–Kier alpha value is -0.740. The first-order chi connectivity index (χ1) is 8.74. The maximum atomic E-state index is 13.8. The monoisotopic (exact) mass is 270 g/mol. The van der Waals surface area contributed by atoms with E-state index in [0.29, 0.717) is 12.2 Å². The van der Waals surface area contributed by atoms with Gasteiger partial charge in [-0.3, -0.25) is 0 Å². The van der Waals surface area contributed by atoms with Crippen LogP contribution in [0.15, 0.2) is 24.3 Å². The lowest BCUT2D eigenvalue weighted by Crippen LogP contribution is -2.41. The van der Waals surface area contributed by atoms with Gasteiger partial charge >= 0.3 is 0 Å². The van der Waals surface area contributed by atoms with Gasteiger partial charge < -0.3 is 10.6 Å². The van der Waals surface area contributed by atoms with E-state index in [1.165, 1.54) is 6.07 Å². The summed E-state index contributed by atoms with van der Waals surface area (Å²) in [4.78, 5) is 2.08. The molecule has 0 spiro atoms. The van der Waals surface area contributed by atoms with Crippen molar-refractivity contribution in [2.75, 3.05) is 30.0 Å². The lowest BCUT2D eigenvalue weighted by atomic mass is 10.1. The van der Waals surface area contributed by atoms with E-state index < -0.39 is 0 Å². The van der Waals surface area contributed by atoms with E-state index in [-0.39, 0.29) is 11.9 Å². The number of benzene rings is 1. The smallest absolute Gasteiger partial charge is 0.146 e. The molecule has 0 heterocycles. The fourth-order valence-corrected chi connectivity index (χ4v) is 2.63. The van der Waals surface area contributed by atoms with Gasteiger partial charge in [0.2, 0.25) is 0 Å². The van der Waals surface area contributed by atoms with Crippen molar-refractivity contribution >= 4 is 17.4 Å². The molecule has 0 bridgehead atoms. The van der Waals surface area contributed by atoms with E-state index >= 15 is 0 Å². The van der Waals surface area contributed by atoms with Crippen molar-refractivity contribution in [1.82, 2.24) is 0 Å². The number of rotatable bonds is 8. The Labute approximate surface area is 114 Å². The molecule has 1 aromatic rings. The minimum atomic E-state index is -0.164. The van der Waals surface area contributed by atoms with Crippen molar-refractivity contribution in [3.8, 4) is 0 Å². The quantitative estimate of drug-likeness (QED) is 0.736. The highest BCUT2D eigenvalue weighted by Crippen LogP contribution is 2.22. The summed E-state index contributed by atoms with van der Waals surface area (Å²) in [7, 11) is 0. The first kappa shape index (κ1) is 15.3. The first-order valence-corrected chi connectivity index (χ1v) is 7.84. The second kappa shape index (κ2) is 8.38. The summed E-state index contributed by atoms with van der Waals surface area (Å²) >= 11 is 1.84. The normalized spacial score (nSPS) is 12.4. The van der Waals surface area contributed by atoms with Crippen molar-refractivity contribution in [3.05, 3.63) is 30.1 Å². The Morgan fingerprint density at radius 2 is 2.11 bits per heavy atom. The zero-order chi connectivity index (χ0) is 13.4. The lowest BCUT2D eigenvalue weighted by Gasteiger charge is -2.32. The molecule has 0 aliphatic rings. The number of likely N-dealkylation sites (N-methyl/N-ethyl adjacent to an activating group) is 1. The van der Waals surface area contributed by atoms with Crippen LogP contribution in [0.1, 0.15) is 19.8 Å². The molecule has 1 atom stereocenters. The van der Waals surface area contributed by atoms with E-state index in [1.54, 1.807) is 6.07 Å². The standard InChI is InChI=1S/C14H23FN2S/c1-3-17(12(11-16)7-6-10-18-2)14-9-5-4-8-13(14)15/h4-5,8-9,12H,3,6-7,10-11,16H2,1-2H3. The number of para-hydroxylation sites is 1. The van der Waals surface area contributed by atoms with E-state index in [0.717, 1.165) is 25.1 Å². The van der Waals surface area contributed by atoms with Gasteiger partial charge in [-0.1, -0.05) is 12.1 Å². The van der Waals surface area contributed by atoms with Crippen molar-refractivity contribution in [1.29, 1.82) is 0 Å². The summed E-state index contributed by atoms with van der Waals surface area (Å²) in [6, 6.07) is 7.15. The van der Waals surface area contributed by atoms with Crippen molar-refractivity contribution < 1.29 is 4.39 Å². The Balaban J connectivity index is 2.76. The minimum absolute atomic E-state index is 0.164. The molecule has 2 nitrogen and oxygen atoms in total. The number of nitrogens with zero attached hydrogens (tertiary/aromatic N) is 1. The molecule has 1 unspecified atom stereocenters. The van der Waals surface area contributed by atoms with Crippen LogP contribution >= 0.6 is 11.8 Å². The van der Waals surface area contributed by atoms with Gasteiger partial charge in [-0.25, -0.2) is 4.39 Å². The van der Waals surface area contributed by atoms with Gasteiger partial charge in [-0.05, 0) is 43.9 Å². The van der Waals surface area contributed by atoms with E-state index in [2.05, 4.69) is 11.2 Å². The Kier molecular flexibility index (Phi) is 7.13. The zero-order valence-corrected chi connectivity index (χ0v) is 12.0. The topological polar surface area (TPSA) is 29.3 Å². The summed E-state index contributed by atoms with van der Waals surface area (Å²) < 4.78 is 13.8. The van der Waals surface area contributed by atoms with Crippen molar-refractivity contribution in [2.45, 2.75) is 25.8 Å². The number of hydrogen-bond donors (Lipinski definition) is 1. The fourth-order valence-electron chi connectivity index (χ4n) is 2.17. The molecule has 0 saturated heterocycles. The summed E-state index contributed by atoms with van der Waals surface area (Å²) in [5.74, 6) is 0.966. The first-order valence-electron chi connectivity index (χ1n) is 6.44. The molecule has 1 aromatic carbocycles. The zero-order valence-electron chi connectivity index (χ0n) is 11.2. The van der Waals surface area contributed by atoms with Gasteiger partial charge in [0.05, 0.1) is 5.69 Å². The predicted octanol–water partition coefficient (Wildman–Crippen LogP) is 3.12. The Bertz CT molecular complexity index is 346. The second-order valence-electron chi connectivity index (χ2n) is 4.26. The number of anilines is 1. The molecule has 0 amide bonds. The van der Waals surface area contributed by atoms with Gasteiger partial charge in [-0.2, -0.15) is 11.8 Å². The van der Waals surface area contributed by atoms with Gasteiger partial charge in [-0.15, -0.1) is 0 Å². The molecule has 0 aliphatic carbocycles. The van der Waals surface area contributed by atoms with Crippen LogP contribution in [-0.4, -0.2) is 31.1 Å². The molecule has 0 saturated carbocycles. The maximum absolute atomic E-state index is 13.8. The molecular formula is C14H23FN2S. The number of halogens is 1.